The Morgan fingerprint density at radius 1 is 1.50 bits per heavy atom. The van der Waals surface area contributed by atoms with Crippen molar-refractivity contribution in [3.8, 4) is 5.75 Å². The summed E-state index contributed by atoms with van der Waals surface area (Å²) >= 11 is 0. The van der Waals surface area contributed by atoms with Crippen molar-refractivity contribution >= 4 is 19.7 Å². The standard InChI is InChI=1S/C8H8ClFO3S/c1-2-13-6-4-3-5-7(8(6)10)14(9,11)12/h3-5H,2H2,1H3. The van der Waals surface area contributed by atoms with Gasteiger partial charge in [-0.05, 0) is 19.1 Å². The smallest absolute Gasteiger partial charge is 0.264 e. The van der Waals surface area contributed by atoms with Gasteiger partial charge < -0.3 is 4.74 Å². The second-order valence-corrected chi connectivity index (χ2v) is 4.97. The van der Waals surface area contributed by atoms with Crippen molar-refractivity contribution in [2.24, 2.45) is 0 Å². The van der Waals surface area contributed by atoms with Crippen molar-refractivity contribution < 1.29 is 17.5 Å². The molecule has 0 aliphatic heterocycles. The minimum absolute atomic E-state index is 0.116. The fraction of sp³-hybridized carbons (Fsp3) is 0.250. The van der Waals surface area contributed by atoms with Gasteiger partial charge in [0.1, 0.15) is 4.90 Å². The fourth-order valence-electron chi connectivity index (χ4n) is 0.946. The zero-order valence-corrected chi connectivity index (χ0v) is 8.90. The maximum atomic E-state index is 13.4. The topological polar surface area (TPSA) is 43.4 Å². The van der Waals surface area contributed by atoms with Crippen LogP contribution < -0.4 is 4.74 Å². The summed E-state index contributed by atoms with van der Waals surface area (Å²) in [7, 11) is 0.956. The maximum absolute atomic E-state index is 13.4. The third-order valence-electron chi connectivity index (χ3n) is 1.49. The lowest BCUT2D eigenvalue weighted by Crippen LogP contribution is -2.00. The van der Waals surface area contributed by atoms with Crippen LogP contribution >= 0.6 is 10.7 Å². The summed E-state index contributed by atoms with van der Waals surface area (Å²) in [6.45, 7) is 1.92. The first-order valence-corrected chi connectivity index (χ1v) is 6.13. The number of rotatable bonds is 3. The summed E-state index contributed by atoms with van der Waals surface area (Å²) in [5.74, 6) is -1.07. The van der Waals surface area contributed by atoms with Crippen LogP contribution in [0.3, 0.4) is 0 Å². The van der Waals surface area contributed by atoms with Crippen LogP contribution in [-0.2, 0) is 9.05 Å². The summed E-state index contributed by atoms with van der Waals surface area (Å²) < 4.78 is 40.0. The van der Waals surface area contributed by atoms with Crippen LogP contribution in [0.5, 0.6) is 5.75 Å². The lowest BCUT2D eigenvalue weighted by atomic mass is 10.3. The van der Waals surface area contributed by atoms with Crippen molar-refractivity contribution in [1.29, 1.82) is 0 Å². The van der Waals surface area contributed by atoms with Gasteiger partial charge in [-0.1, -0.05) is 6.07 Å². The normalized spacial score (nSPS) is 11.4. The van der Waals surface area contributed by atoms with E-state index in [2.05, 4.69) is 0 Å². The molecule has 1 aromatic carbocycles. The number of hydrogen-bond donors (Lipinski definition) is 0. The Morgan fingerprint density at radius 3 is 2.64 bits per heavy atom. The van der Waals surface area contributed by atoms with Crippen LogP contribution in [0.25, 0.3) is 0 Å². The molecular weight excluding hydrogens is 231 g/mol. The van der Waals surface area contributed by atoms with Crippen LogP contribution in [0.2, 0.25) is 0 Å². The van der Waals surface area contributed by atoms with Gasteiger partial charge in [0.2, 0.25) is 0 Å². The van der Waals surface area contributed by atoms with Gasteiger partial charge in [-0.15, -0.1) is 0 Å². The van der Waals surface area contributed by atoms with Crippen LogP contribution in [0.1, 0.15) is 6.92 Å². The maximum Gasteiger partial charge on any atom is 0.264 e. The summed E-state index contributed by atoms with van der Waals surface area (Å²) in [6, 6.07) is 3.79. The van der Waals surface area contributed by atoms with E-state index >= 15 is 0 Å². The van der Waals surface area contributed by atoms with E-state index in [1.165, 1.54) is 12.1 Å². The molecule has 0 aliphatic carbocycles. The highest BCUT2D eigenvalue weighted by Crippen LogP contribution is 2.26. The van der Waals surface area contributed by atoms with E-state index in [1.54, 1.807) is 6.92 Å². The van der Waals surface area contributed by atoms with Gasteiger partial charge in [0.15, 0.2) is 11.6 Å². The Kier molecular flexibility index (Phi) is 3.34. The monoisotopic (exact) mass is 238 g/mol. The predicted octanol–water partition coefficient (Wildman–Crippen LogP) is 2.15. The van der Waals surface area contributed by atoms with Crippen LogP contribution in [-0.4, -0.2) is 15.0 Å². The molecule has 1 rings (SSSR count). The molecular formula is C8H8ClFO3S. The van der Waals surface area contributed by atoms with Crippen molar-refractivity contribution in [3.63, 3.8) is 0 Å². The van der Waals surface area contributed by atoms with Gasteiger partial charge >= 0.3 is 0 Å². The summed E-state index contributed by atoms with van der Waals surface area (Å²) in [6.07, 6.45) is 0. The largest absolute Gasteiger partial charge is 0.491 e. The highest BCUT2D eigenvalue weighted by Gasteiger charge is 2.19. The lowest BCUT2D eigenvalue weighted by molar-refractivity contribution is 0.318. The highest BCUT2D eigenvalue weighted by atomic mass is 35.7. The Labute approximate surface area is 85.9 Å². The Hall–Kier alpha value is -0.810. The van der Waals surface area contributed by atoms with Crippen molar-refractivity contribution in [1.82, 2.24) is 0 Å². The molecule has 0 saturated carbocycles. The number of hydrogen-bond acceptors (Lipinski definition) is 3. The molecule has 0 aromatic heterocycles. The molecule has 1 aromatic rings. The molecule has 14 heavy (non-hydrogen) atoms. The fourth-order valence-corrected chi connectivity index (χ4v) is 1.86. The van der Waals surface area contributed by atoms with Gasteiger partial charge in [0.25, 0.3) is 9.05 Å². The SMILES string of the molecule is CCOc1cccc(S(=O)(=O)Cl)c1F. The van der Waals surface area contributed by atoms with E-state index < -0.39 is 19.8 Å². The van der Waals surface area contributed by atoms with E-state index in [9.17, 15) is 12.8 Å². The molecule has 0 aliphatic rings. The second-order valence-electron chi connectivity index (χ2n) is 2.44. The predicted molar refractivity (Wildman–Crippen MR) is 50.6 cm³/mol. The molecule has 0 saturated heterocycles. The first-order chi connectivity index (χ1) is 6.46. The summed E-state index contributed by atoms with van der Waals surface area (Å²) in [4.78, 5) is -0.565. The number of ether oxygens (including phenoxy) is 1. The Balaban J connectivity index is 3.28. The minimum atomic E-state index is -4.06. The average molecular weight is 239 g/mol. The molecule has 0 heterocycles. The zero-order chi connectivity index (χ0) is 10.8. The van der Waals surface area contributed by atoms with Crippen LogP contribution in [0, 0.1) is 5.82 Å². The highest BCUT2D eigenvalue weighted by molar-refractivity contribution is 8.13. The first kappa shape index (κ1) is 11.3. The molecule has 78 valence electrons. The van der Waals surface area contributed by atoms with Crippen LogP contribution in [0.15, 0.2) is 23.1 Å². The molecule has 0 radical (unpaired) electrons. The molecule has 3 nitrogen and oxygen atoms in total. The third kappa shape index (κ3) is 2.36. The Morgan fingerprint density at radius 2 is 2.14 bits per heavy atom. The molecule has 0 N–H and O–H groups in total. The lowest BCUT2D eigenvalue weighted by Gasteiger charge is -2.05. The minimum Gasteiger partial charge on any atom is -0.491 e. The van der Waals surface area contributed by atoms with E-state index in [0.29, 0.717) is 0 Å². The average Bonchev–Trinajstić information content (AvgIpc) is 2.07. The molecule has 0 atom stereocenters. The van der Waals surface area contributed by atoms with Gasteiger partial charge in [-0.3, -0.25) is 0 Å². The van der Waals surface area contributed by atoms with E-state index in [0.717, 1.165) is 6.07 Å². The van der Waals surface area contributed by atoms with E-state index in [4.69, 9.17) is 15.4 Å². The molecule has 0 spiro atoms. The Bertz CT molecular complexity index is 430. The summed E-state index contributed by atoms with van der Waals surface area (Å²) in [5.41, 5.74) is 0. The van der Waals surface area contributed by atoms with E-state index in [1.807, 2.05) is 0 Å². The summed E-state index contributed by atoms with van der Waals surface area (Å²) in [5, 5.41) is 0. The van der Waals surface area contributed by atoms with Crippen molar-refractivity contribution in [2.45, 2.75) is 11.8 Å². The van der Waals surface area contributed by atoms with Gasteiger partial charge in [-0.2, -0.15) is 0 Å². The van der Waals surface area contributed by atoms with E-state index in [-0.39, 0.29) is 12.4 Å². The quantitative estimate of drug-likeness (QED) is 0.758. The van der Waals surface area contributed by atoms with Crippen molar-refractivity contribution in [3.05, 3.63) is 24.0 Å². The molecule has 0 fully saturated rings. The third-order valence-corrected chi connectivity index (χ3v) is 2.83. The molecule has 6 heteroatoms. The van der Waals surface area contributed by atoms with Crippen molar-refractivity contribution in [2.75, 3.05) is 6.61 Å². The van der Waals surface area contributed by atoms with Crippen LogP contribution in [0.4, 0.5) is 4.39 Å². The number of benzene rings is 1. The van der Waals surface area contributed by atoms with Gasteiger partial charge in [0.05, 0.1) is 6.61 Å². The zero-order valence-electron chi connectivity index (χ0n) is 7.33. The van der Waals surface area contributed by atoms with Gasteiger partial charge in [0, 0.05) is 10.7 Å². The number of halogens is 2. The molecule has 0 unspecified atom stereocenters. The molecule has 0 bridgehead atoms. The molecule has 0 amide bonds. The second kappa shape index (κ2) is 4.14. The van der Waals surface area contributed by atoms with Gasteiger partial charge in [-0.25, -0.2) is 12.8 Å². The first-order valence-electron chi connectivity index (χ1n) is 3.82.